The summed E-state index contributed by atoms with van der Waals surface area (Å²) < 4.78 is -0.639. The van der Waals surface area contributed by atoms with Crippen LogP contribution in [0.2, 0.25) is 0 Å². The number of carboxylic acid groups (broad SMARTS) is 1. The molecule has 0 fully saturated rings. The fourth-order valence-corrected chi connectivity index (χ4v) is 2.72. The number of carbonyl (C=O) groups is 2. The Bertz CT molecular complexity index is 485. The summed E-state index contributed by atoms with van der Waals surface area (Å²) in [5.74, 6) is -0.849. The van der Waals surface area contributed by atoms with Gasteiger partial charge in [0.15, 0.2) is 0 Å². The van der Waals surface area contributed by atoms with E-state index in [1.165, 1.54) is 11.8 Å². The minimum atomic E-state index is -1.05. The molecule has 2 N–H and O–H groups in total. The maximum Gasteiger partial charge on any atom is 0.327 e. The number of amides is 1. The first-order valence-electron chi connectivity index (χ1n) is 6.20. The zero-order chi connectivity index (χ0) is 15.2. The van der Waals surface area contributed by atoms with Gasteiger partial charge < -0.3 is 10.4 Å². The summed E-state index contributed by atoms with van der Waals surface area (Å²) in [4.78, 5) is 22.7. The Morgan fingerprint density at radius 1 is 1.40 bits per heavy atom. The summed E-state index contributed by atoms with van der Waals surface area (Å²) in [6, 6.07) is 8.82. The molecule has 1 rings (SSSR count). The lowest BCUT2D eigenvalue weighted by Crippen LogP contribution is -2.52. The van der Waals surface area contributed by atoms with E-state index >= 15 is 0 Å². The van der Waals surface area contributed by atoms with Crippen LogP contribution in [0.3, 0.4) is 0 Å². The van der Waals surface area contributed by atoms with Crippen LogP contribution in [0.15, 0.2) is 43.0 Å². The Morgan fingerprint density at radius 2 is 2.00 bits per heavy atom. The SMILES string of the molecule is C=CC(=O)N[C@@H](C(=O)O)C(C)(C)SCc1ccccc1. The Balaban J connectivity index is 2.74. The van der Waals surface area contributed by atoms with Crippen LogP contribution in [0.4, 0.5) is 0 Å². The van der Waals surface area contributed by atoms with Crippen molar-refractivity contribution in [1.29, 1.82) is 0 Å². The van der Waals surface area contributed by atoms with Crippen LogP contribution in [0.1, 0.15) is 19.4 Å². The minimum absolute atomic E-state index is 0.481. The third kappa shape index (κ3) is 4.74. The first-order chi connectivity index (χ1) is 9.36. The lowest BCUT2D eigenvalue weighted by atomic mass is 10.0. The van der Waals surface area contributed by atoms with Gasteiger partial charge in [-0.3, -0.25) is 4.79 Å². The molecule has 0 saturated carbocycles. The maximum absolute atomic E-state index is 11.3. The monoisotopic (exact) mass is 293 g/mol. The molecular formula is C15H19NO3S. The van der Waals surface area contributed by atoms with Gasteiger partial charge in [0.2, 0.25) is 5.91 Å². The molecule has 0 bridgehead atoms. The number of rotatable bonds is 7. The Hall–Kier alpha value is -1.75. The number of carboxylic acids is 1. The number of hydrogen-bond donors (Lipinski definition) is 2. The molecule has 0 aromatic heterocycles. The Labute approximate surface area is 123 Å². The molecule has 4 nitrogen and oxygen atoms in total. The second-order valence-electron chi connectivity index (χ2n) is 4.86. The van der Waals surface area contributed by atoms with Gasteiger partial charge in [-0.2, -0.15) is 0 Å². The van der Waals surface area contributed by atoms with Crippen molar-refractivity contribution in [3.05, 3.63) is 48.6 Å². The van der Waals surface area contributed by atoms with Gasteiger partial charge in [-0.05, 0) is 25.5 Å². The van der Waals surface area contributed by atoms with E-state index in [0.717, 1.165) is 11.6 Å². The molecule has 0 aliphatic heterocycles. The fraction of sp³-hybridized carbons (Fsp3) is 0.333. The van der Waals surface area contributed by atoms with E-state index in [4.69, 9.17) is 0 Å². The summed E-state index contributed by atoms with van der Waals surface area (Å²) in [6.45, 7) is 6.95. The molecule has 1 aromatic rings. The highest BCUT2D eigenvalue weighted by molar-refractivity contribution is 7.99. The molecule has 1 aromatic carbocycles. The normalized spacial score (nSPS) is 12.5. The minimum Gasteiger partial charge on any atom is -0.480 e. The zero-order valence-corrected chi connectivity index (χ0v) is 12.4. The number of hydrogen-bond acceptors (Lipinski definition) is 3. The van der Waals surface area contributed by atoms with Gasteiger partial charge in [0.1, 0.15) is 6.04 Å². The van der Waals surface area contributed by atoms with Gasteiger partial charge in [-0.1, -0.05) is 36.9 Å². The van der Waals surface area contributed by atoms with Crippen LogP contribution in [-0.4, -0.2) is 27.8 Å². The topological polar surface area (TPSA) is 66.4 Å². The first kappa shape index (κ1) is 16.3. The molecule has 0 aliphatic carbocycles. The molecule has 0 unspecified atom stereocenters. The van der Waals surface area contributed by atoms with E-state index < -0.39 is 22.7 Å². The van der Waals surface area contributed by atoms with Gasteiger partial charge >= 0.3 is 5.97 Å². The lowest BCUT2D eigenvalue weighted by molar-refractivity contribution is -0.141. The van der Waals surface area contributed by atoms with E-state index in [1.807, 2.05) is 44.2 Å². The van der Waals surface area contributed by atoms with Crippen molar-refractivity contribution in [1.82, 2.24) is 5.32 Å². The summed E-state index contributed by atoms with van der Waals surface area (Å²) in [5.41, 5.74) is 1.12. The lowest BCUT2D eigenvalue weighted by Gasteiger charge is -2.31. The molecule has 0 radical (unpaired) electrons. The number of aliphatic carboxylic acids is 1. The van der Waals surface area contributed by atoms with Gasteiger partial charge in [-0.15, -0.1) is 11.8 Å². The average Bonchev–Trinajstić information content (AvgIpc) is 2.43. The standard InChI is InChI=1S/C15H19NO3S/c1-4-12(17)16-13(14(18)19)15(2,3)20-10-11-8-6-5-7-9-11/h4-9,13H,1,10H2,2-3H3,(H,16,17)(H,18,19)/t13-/m0/s1. The van der Waals surface area contributed by atoms with E-state index in [9.17, 15) is 14.7 Å². The molecule has 1 amide bonds. The van der Waals surface area contributed by atoms with Gasteiger partial charge in [-0.25, -0.2) is 4.79 Å². The molecule has 0 aliphatic rings. The highest BCUT2D eigenvalue weighted by Crippen LogP contribution is 2.31. The van der Waals surface area contributed by atoms with E-state index in [1.54, 1.807) is 0 Å². The van der Waals surface area contributed by atoms with Crippen LogP contribution in [0, 0.1) is 0 Å². The van der Waals surface area contributed by atoms with Crippen LogP contribution in [-0.2, 0) is 15.3 Å². The second kappa shape index (κ2) is 7.14. The van der Waals surface area contributed by atoms with E-state index in [-0.39, 0.29) is 0 Å². The third-order valence-corrected chi connectivity index (χ3v) is 4.33. The molecule has 1 atom stereocenters. The largest absolute Gasteiger partial charge is 0.480 e. The zero-order valence-electron chi connectivity index (χ0n) is 11.6. The smallest absolute Gasteiger partial charge is 0.327 e. The van der Waals surface area contributed by atoms with E-state index in [2.05, 4.69) is 11.9 Å². The summed E-state index contributed by atoms with van der Waals surface area (Å²) in [5, 5.41) is 11.8. The summed E-state index contributed by atoms with van der Waals surface area (Å²) in [7, 11) is 0. The van der Waals surface area contributed by atoms with Gasteiger partial charge in [0, 0.05) is 10.5 Å². The van der Waals surface area contributed by atoms with E-state index in [0.29, 0.717) is 5.75 Å². The predicted molar refractivity (Wildman–Crippen MR) is 81.6 cm³/mol. The number of nitrogens with one attached hydrogen (secondary N) is 1. The van der Waals surface area contributed by atoms with Crippen molar-refractivity contribution in [2.45, 2.75) is 30.4 Å². The van der Waals surface area contributed by atoms with Gasteiger partial charge in [0.05, 0.1) is 0 Å². The van der Waals surface area contributed by atoms with Gasteiger partial charge in [0.25, 0.3) is 0 Å². The molecule has 0 saturated heterocycles. The predicted octanol–water partition coefficient (Wildman–Crippen LogP) is 2.45. The van der Waals surface area contributed by atoms with Crippen LogP contribution < -0.4 is 5.32 Å². The Morgan fingerprint density at radius 3 is 2.50 bits per heavy atom. The number of thioether (sulfide) groups is 1. The van der Waals surface area contributed by atoms with Crippen molar-refractivity contribution in [2.75, 3.05) is 0 Å². The van der Waals surface area contributed by atoms with Crippen LogP contribution in [0.25, 0.3) is 0 Å². The molecule has 5 heteroatoms. The van der Waals surface area contributed by atoms with Crippen molar-refractivity contribution in [3.63, 3.8) is 0 Å². The molecule has 108 valence electrons. The summed E-state index contributed by atoms with van der Waals surface area (Å²) in [6.07, 6.45) is 1.08. The first-order valence-corrected chi connectivity index (χ1v) is 7.19. The summed E-state index contributed by atoms with van der Waals surface area (Å²) >= 11 is 1.49. The van der Waals surface area contributed by atoms with Crippen molar-refractivity contribution >= 4 is 23.6 Å². The highest BCUT2D eigenvalue weighted by Gasteiger charge is 2.36. The number of benzene rings is 1. The molecule has 20 heavy (non-hydrogen) atoms. The van der Waals surface area contributed by atoms with Crippen molar-refractivity contribution in [2.24, 2.45) is 0 Å². The average molecular weight is 293 g/mol. The molecule has 0 spiro atoms. The second-order valence-corrected chi connectivity index (χ2v) is 6.49. The molecular weight excluding hydrogens is 274 g/mol. The van der Waals surface area contributed by atoms with Crippen molar-refractivity contribution < 1.29 is 14.7 Å². The fourth-order valence-electron chi connectivity index (χ4n) is 1.66. The third-order valence-electron chi connectivity index (χ3n) is 2.87. The van der Waals surface area contributed by atoms with Crippen molar-refractivity contribution in [3.8, 4) is 0 Å². The van der Waals surface area contributed by atoms with Crippen LogP contribution >= 0.6 is 11.8 Å². The van der Waals surface area contributed by atoms with Crippen LogP contribution in [0.5, 0.6) is 0 Å². The molecule has 0 heterocycles. The maximum atomic E-state index is 11.3. The Kier molecular flexibility index (Phi) is 5.82. The highest BCUT2D eigenvalue weighted by atomic mass is 32.2. The quantitative estimate of drug-likeness (QED) is 0.758. The number of carbonyl (C=O) groups excluding carboxylic acids is 1.